The van der Waals surface area contributed by atoms with Gasteiger partial charge in [0.25, 0.3) is 5.69 Å². The summed E-state index contributed by atoms with van der Waals surface area (Å²) in [5.74, 6) is -0.335. The van der Waals surface area contributed by atoms with Crippen molar-refractivity contribution in [3.8, 4) is 5.75 Å². The number of hydrogen-bond acceptors (Lipinski definition) is 7. The third kappa shape index (κ3) is 4.73. The zero-order valence-corrected chi connectivity index (χ0v) is 13.5. The number of rotatable bonds is 8. The number of nitro groups is 1. The molecule has 0 aromatic heterocycles. The number of non-ortho nitro benzene ring substituents is 1. The number of nitro benzene ring substituents is 1. The van der Waals surface area contributed by atoms with E-state index in [-0.39, 0.29) is 17.2 Å². The van der Waals surface area contributed by atoms with E-state index in [4.69, 9.17) is 13.6 Å². The minimum absolute atomic E-state index is 0.0537. The summed E-state index contributed by atoms with van der Waals surface area (Å²) in [5, 5.41) is 10.6. The third-order valence-corrected chi connectivity index (χ3v) is 4.26. The molecular formula is C15H14NO7P. The zero-order chi connectivity index (χ0) is 17.6. The zero-order valence-electron chi connectivity index (χ0n) is 12.7. The average molecular weight is 351 g/mol. The predicted octanol–water partition coefficient (Wildman–Crippen LogP) is 3.63. The normalized spacial score (nSPS) is 13.0. The Morgan fingerprint density at radius 3 is 2.29 bits per heavy atom. The second-order valence-electron chi connectivity index (χ2n) is 4.53. The van der Waals surface area contributed by atoms with E-state index in [1.54, 1.807) is 30.3 Å². The monoisotopic (exact) mass is 351 g/mol. The Balaban J connectivity index is 2.01. The molecule has 0 heterocycles. The third-order valence-electron chi connectivity index (χ3n) is 2.94. The minimum Gasteiger partial charge on any atom is -0.404 e. The second kappa shape index (κ2) is 7.83. The number of Topliss-reactive ketones (excluding diaryl/α,β-unsaturated/α-hetero) is 1. The van der Waals surface area contributed by atoms with Crippen LogP contribution in [0.3, 0.4) is 0 Å². The van der Waals surface area contributed by atoms with Gasteiger partial charge in [-0.1, -0.05) is 30.3 Å². The maximum atomic E-state index is 12.4. The van der Waals surface area contributed by atoms with Gasteiger partial charge in [-0.3, -0.25) is 24.0 Å². The van der Waals surface area contributed by atoms with Crippen molar-refractivity contribution >= 4 is 19.3 Å². The number of carbonyl (C=O) groups is 1. The van der Waals surface area contributed by atoms with Crippen molar-refractivity contribution in [3.63, 3.8) is 0 Å². The maximum Gasteiger partial charge on any atom is 0.530 e. The SMILES string of the molecule is COP(=O)(OCC(=O)c1ccccc1)Oc1ccc([N+](=O)[O-])cc1. The van der Waals surface area contributed by atoms with E-state index >= 15 is 0 Å². The summed E-state index contributed by atoms with van der Waals surface area (Å²) in [6, 6.07) is 13.2. The van der Waals surface area contributed by atoms with Gasteiger partial charge in [-0.25, -0.2) is 4.57 Å². The lowest BCUT2D eigenvalue weighted by molar-refractivity contribution is -0.384. The summed E-state index contributed by atoms with van der Waals surface area (Å²) < 4.78 is 27.2. The molecule has 0 spiro atoms. The first kappa shape index (κ1) is 17.8. The van der Waals surface area contributed by atoms with Gasteiger partial charge in [-0.15, -0.1) is 0 Å². The first-order valence-electron chi connectivity index (χ1n) is 6.76. The number of phosphoric ester groups is 1. The van der Waals surface area contributed by atoms with Gasteiger partial charge in [0.05, 0.1) is 4.92 Å². The molecule has 1 atom stereocenters. The summed E-state index contributed by atoms with van der Waals surface area (Å²) in [5.41, 5.74) is 0.255. The van der Waals surface area contributed by atoms with Crippen molar-refractivity contribution in [1.29, 1.82) is 0 Å². The van der Waals surface area contributed by atoms with E-state index < -0.39 is 19.4 Å². The number of phosphoric acid groups is 1. The summed E-state index contributed by atoms with van der Waals surface area (Å²) >= 11 is 0. The molecule has 0 aliphatic rings. The molecule has 0 N–H and O–H groups in total. The summed E-state index contributed by atoms with van der Waals surface area (Å²) in [6.45, 7) is -0.498. The lowest BCUT2D eigenvalue weighted by atomic mass is 10.1. The van der Waals surface area contributed by atoms with Crippen LogP contribution >= 0.6 is 7.82 Å². The van der Waals surface area contributed by atoms with Crippen molar-refractivity contribution < 1.29 is 27.9 Å². The van der Waals surface area contributed by atoms with Crippen LogP contribution in [-0.4, -0.2) is 24.4 Å². The van der Waals surface area contributed by atoms with E-state index in [1.165, 1.54) is 24.3 Å². The van der Waals surface area contributed by atoms with Gasteiger partial charge in [0, 0.05) is 24.8 Å². The van der Waals surface area contributed by atoms with E-state index in [0.717, 1.165) is 7.11 Å². The smallest absolute Gasteiger partial charge is 0.404 e. The van der Waals surface area contributed by atoms with Gasteiger partial charge in [-0.2, -0.15) is 0 Å². The molecule has 126 valence electrons. The lowest BCUT2D eigenvalue weighted by Gasteiger charge is -2.16. The second-order valence-corrected chi connectivity index (χ2v) is 6.24. The minimum atomic E-state index is -4.03. The Hall–Kier alpha value is -2.54. The Labute approximate surface area is 137 Å². The Morgan fingerprint density at radius 2 is 1.75 bits per heavy atom. The average Bonchev–Trinajstić information content (AvgIpc) is 2.61. The summed E-state index contributed by atoms with van der Waals surface area (Å²) in [7, 11) is -2.92. The van der Waals surface area contributed by atoms with Crippen LogP contribution in [0.1, 0.15) is 10.4 Å². The van der Waals surface area contributed by atoms with E-state index in [0.29, 0.717) is 5.56 Å². The van der Waals surface area contributed by atoms with Crippen LogP contribution in [-0.2, 0) is 13.6 Å². The highest BCUT2D eigenvalue weighted by molar-refractivity contribution is 7.48. The van der Waals surface area contributed by atoms with Gasteiger partial charge < -0.3 is 4.52 Å². The quantitative estimate of drug-likeness (QED) is 0.309. The van der Waals surface area contributed by atoms with Gasteiger partial charge in [0.15, 0.2) is 5.78 Å². The molecule has 2 rings (SSSR count). The Kier molecular flexibility index (Phi) is 5.81. The van der Waals surface area contributed by atoms with Crippen LogP contribution in [0.25, 0.3) is 0 Å². The van der Waals surface area contributed by atoms with E-state index in [9.17, 15) is 19.5 Å². The van der Waals surface area contributed by atoms with Gasteiger partial charge in [-0.05, 0) is 12.1 Å². The Bertz CT molecular complexity index is 761. The first-order chi connectivity index (χ1) is 11.4. The predicted molar refractivity (Wildman–Crippen MR) is 85.1 cm³/mol. The summed E-state index contributed by atoms with van der Waals surface area (Å²) in [6.07, 6.45) is 0. The number of benzene rings is 2. The molecule has 0 amide bonds. The summed E-state index contributed by atoms with van der Waals surface area (Å²) in [4.78, 5) is 22.0. The molecule has 9 heteroatoms. The number of carbonyl (C=O) groups excluding carboxylic acids is 1. The molecule has 0 aliphatic carbocycles. The highest BCUT2D eigenvalue weighted by atomic mass is 31.2. The number of hydrogen-bond donors (Lipinski definition) is 0. The van der Waals surface area contributed by atoms with E-state index in [2.05, 4.69) is 0 Å². The maximum absolute atomic E-state index is 12.4. The molecule has 0 saturated heterocycles. The van der Waals surface area contributed by atoms with Crippen molar-refractivity contribution in [2.24, 2.45) is 0 Å². The molecule has 0 saturated carbocycles. The van der Waals surface area contributed by atoms with Gasteiger partial charge >= 0.3 is 7.82 Å². The molecule has 8 nitrogen and oxygen atoms in total. The largest absolute Gasteiger partial charge is 0.530 e. The fourth-order valence-electron chi connectivity index (χ4n) is 1.72. The molecule has 1 unspecified atom stereocenters. The topological polar surface area (TPSA) is 105 Å². The number of nitrogens with zero attached hydrogens (tertiary/aromatic N) is 1. The Morgan fingerprint density at radius 1 is 1.12 bits per heavy atom. The van der Waals surface area contributed by atoms with Crippen molar-refractivity contribution in [1.82, 2.24) is 0 Å². The van der Waals surface area contributed by atoms with Crippen molar-refractivity contribution in [2.45, 2.75) is 0 Å². The van der Waals surface area contributed by atoms with Crippen molar-refractivity contribution in [3.05, 3.63) is 70.3 Å². The fourth-order valence-corrected chi connectivity index (χ4v) is 2.61. The molecule has 0 fully saturated rings. The first-order valence-corrected chi connectivity index (χ1v) is 8.22. The van der Waals surface area contributed by atoms with E-state index in [1.807, 2.05) is 0 Å². The van der Waals surface area contributed by atoms with Crippen LogP contribution < -0.4 is 4.52 Å². The molecular weight excluding hydrogens is 337 g/mol. The fraction of sp³-hybridized carbons (Fsp3) is 0.133. The molecule has 0 radical (unpaired) electrons. The van der Waals surface area contributed by atoms with Crippen LogP contribution in [0, 0.1) is 10.1 Å². The molecule has 2 aromatic carbocycles. The van der Waals surface area contributed by atoms with Crippen LogP contribution in [0.5, 0.6) is 5.75 Å². The van der Waals surface area contributed by atoms with Gasteiger partial charge in [0.2, 0.25) is 0 Å². The van der Waals surface area contributed by atoms with Crippen LogP contribution in [0.15, 0.2) is 54.6 Å². The molecule has 0 bridgehead atoms. The van der Waals surface area contributed by atoms with Crippen LogP contribution in [0.4, 0.5) is 5.69 Å². The standard InChI is InChI=1S/C15H14NO7P/c1-21-24(20,22-11-15(17)12-5-3-2-4-6-12)23-14-9-7-13(8-10-14)16(18)19/h2-10H,11H2,1H3. The lowest BCUT2D eigenvalue weighted by Crippen LogP contribution is -2.10. The highest BCUT2D eigenvalue weighted by Crippen LogP contribution is 2.48. The number of ketones is 1. The highest BCUT2D eigenvalue weighted by Gasteiger charge is 2.28. The van der Waals surface area contributed by atoms with Gasteiger partial charge in [0.1, 0.15) is 12.4 Å². The molecule has 0 aliphatic heterocycles. The van der Waals surface area contributed by atoms with Crippen molar-refractivity contribution in [2.75, 3.05) is 13.7 Å². The molecule has 2 aromatic rings. The molecule has 24 heavy (non-hydrogen) atoms. The van der Waals surface area contributed by atoms with Crippen LogP contribution in [0.2, 0.25) is 0 Å².